The molecule has 1 saturated heterocycles. The Balaban J connectivity index is 2.04. The van der Waals surface area contributed by atoms with E-state index in [2.05, 4.69) is 9.88 Å². The summed E-state index contributed by atoms with van der Waals surface area (Å²) in [4.78, 5) is 6.24. The number of pyridine rings is 1. The second-order valence-electron chi connectivity index (χ2n) is 3.94. The van der Waals surface area contributed by atoms with Crippen molar-refractivity contribution in [3.8, 4) is 0 Å². The third kappa shape index (κ3) is 2.41. The van der Waals surface area contributed by atoms with Crippen LogP contribution in [0.15, 0.2) is 18.5 Å². The number of aromatic nitrogens is 1. The molecule has 1 unspecified atom stereocenters. The van der Waals surface area contributed by atoms with Gasteiger partial charge in [-0.2, -0.15) is 0 Å². The molecule has 15 heavy (non-hydrogen) atoms. The van der Waals surface area contributed by atoms with Gasteiger partial charge in [0.25, 0.3) is 0 Å². The lowest BCUT2D eigenvalue weighted by Crippen LogP contribution is -2.20. The van der Waals surface area contributed by atoms with Crippen molar-refractivity contribution in [2.24, 2.45) is 5.92 Å². The van der Waals surface area contributed by atoms with Crippen LogP contribution < -0.4 is 4.90 Å². The molecule has 2 heterocycles. The highest BCUT2D eigenvalue weighted by molar-refractivity contribution is 6.33. The van der Waals surface area contributed by atoms with Crippen LogP contribution in [0, 0.1) is 5.92 Å². The van der Waals surface area contributed by atoms with Gasteiger partial charge in [0.2, 0.25) is 0 Å². The van der Waals surface area contributed by atoms with Crippen molar-refractivity contribution in [2.75, 3.05) is 24.6 Å². The molecule has 1 aromatic rings. The third-order valence-electron chi connectivity index (χ3n) is 2.91. The van der Waals surface area contributed by atoms with Gasteiger partial charge in [0.15, 0.2) is 0 Å². The van der Waals surface area contributed by atoms with Crippen molar-refractivity contribution in [1.82, 2.24) is 4.98 Å². The number of nitrogens with zero attached hydrogens (tertiary/aromatic N) is 2. The fourth-order valence-corrected chi connectivity index (χ4v) is 2.33. The summed E-state index contributed by atoms with van der Waals surface area (Å²) in [6, 6.07) is 1.95. The number of hydrogen-bond acceptors (Lipinski definition) is 3. The van der Waals surface area contributed by atoms with Crippen molar-refractivity contribution in [1.29, 1.82) is 0 Å². The highest BCUT2D eigenvalue weighted by atomic mass is 35.5. The van der Waals surface area contributed by atoms with Crippen molar-refractivity contribution < 1.29 is 5.11 Å². The zero-order valence-electron chi connectivity index (χ0n) is 8.56. The van der Waals surface area contributed by atoms with Gasteiger partial charge in [-0.05, 0) is 24.8 Å². The molecule has 0 radical (unpaired) electrons. The van der Waals surface area contributed by atoms with Gasteiger partial charge >= 0.3 is 0 Å². The maximum absolute atomic E-state index is 8.88. The fraction of sp³-hybridized carbons (Fsp3) is 0.545. The fourth-order valence-electron chi connectivity index (χ4n) is 2.09. The van der Waals surface area contributed by atoms with Crippen LogP contribution in [0.5, 0.6) is 0 Å². The van der Waals surface area contributed by atoms with Gasteiger partial charge in [-0.15, -0.1) is 0 Å². The predicted octanol–water partition coefficient (Wildman–Crippen LogP) is 1.94. The molecule has 0 spiro atoms. The summed E-state index contributed by atoms with van der Waals surface area (Å²) in [6.07, 6.45) is 5.47. The molecule has 1 aromatic heterocycles. The SMILES string of the molecule is OCCC1CCN(c2ccncc2Cl)C1. The maximum Gasteiger partial charge on any atom is 0.0822 e. The minimum absolute atomic E-state index is 0.280. The first kappa shape index (κ1) is 10.7. The average Bonchev–Trinajstić information content (AvgIpc) is 2.68. The average molecular weight is 227 g/mol. The molecule has 4 heteroatoms. The lowest BCUT2D eigenvalue weighted by atomic mass is 10.1. The van der Waals surface area contributed by atoms with E-state index in [1.54, 1.807) is 12.4 Å². The number of aliphatic hydroxyl groups is 1. The molecule has 1 N–H and O–H groups in total. The summed E-state index contributed by atoms with van der Waals surface area (Å²) in [6.45, 7) is 2.29. The molecule has 0 amide bonds. The molecule has 2 rings (SSSR count). The van der Waals surface area contributed by atoms with Crippen LogP contribution >= 0.6 is 11.6 Å². The Kier molecular flexibility index (Phi) is 3.44. The van der Waals surface area contributed by atoms with Gasteiger partial charge < -0.3 is 10.0 Å². The van der Waals surface area contributed by atoms with Crippen molar-refractivity contribution >= 4 is 17.3 Å². The van der Waals surface area contributed by atoms with Crippen LogP contribution in [0.4, 0.5) is 5.69 Å². The molecular formula is C11H15ClN2O. The summed E-state index contributed by atoms with van der Waals surface area (Å²) in [5.74, 6) is 0.597. The van der Waals surface area contributed by atoms with Crippen molar-refractivity contribution in [2.45, 2.75) is 12.8 Å². The van der Waals surface area contributed by atoms with Crippen LogP contribution in [0.25, 0.3) is 0 Å². The molecule has 1 aliphatic heterocycles. The molecule has 0 bridgehead atoms. The Morgan fingerprint density at radius 3 is 3.20 bits per heavy atom. The first-order chi connectivity index (χ1) is 7.31. The number of hydrogen-bond donors (Lipinski definition) is 1. The second-order valence-corrected chi connectivity index (χ2v) is 4.35. The molecule has 0 aliphatic carbocycles. The van der Waals surface area contributed by atoms with E-state index >= 15 is 0 Å². The van der Waals surface area contributed by atoms with Crippen LogP contribution in [0.1, 0.15) is 12.8 Å². The van der Waals surface area contributed by atoms with Crippen LogP contribution in [-0.4, -0.2) is 29.8 Å². The Bertz CT molecular complexity index is 332. The molecule has 1 atom stereocenters. The normalized spacial score (nSPS) is 20.9. The topological polar surface area (TPSA) is 36.4 Å². The third-order valence-corrected chi connectivity index (χ3v) is 3.21. The number of rotatable bonds is 3. The Morgan fingerprint density at radius 2 is 2.47 bits per heavy atom. The lowest BCUT2D eigenvalue weighted by molar-refractivity contribution is 0.263. The zero-order chi connectivity index (χ0) is 10.7. The first-order valence-corrected chi connectivity index (χ1v) is 5.64. The second kappa shape index (κ2) is 4.81. The standard InChI is InChI=1S/C11H15ClN2O/c12-10-7-13-4-1-11(10)14-5-2-9(8-14)3-6-15/h1,4,7,9,15H,2-3,5-6,8H2. The molecule has 1 aliphatic rings. The summed E-state index contributed by atoms with van der Waals surface area (Å²) in [5.41, 5.74) is 1.06. The van der Waals surface area contributed by atoms with Gasteiger partial charge in [0, 0.05) is 32.1 Å². The van der Waals surface area contributed by atoms with Gasteiger partial charge in [-0.25, -0.2) is 0 Å². The summed E-state index contributed by atoms with van der Waals surface area (Å²) >= 11 is 6.08. The van der Waals surface area contributed by atoms with E-state index in [-0.39, 0.29) is 6.61 Å². The molecular weight excluding hydrogens is 212 g/mol. The Hall–Kier alpha value is -0.800. The first-order valence-electron chi connectivity index (χ1n) is 5.26. The van der Waals surface area contributed by atoms with E-state index in [1.165, 1.54) is 0 Å². The minimum atomic E-state index is 0.280. The maximum atomic E-state index is 8.88. The number of halogens is 1. The zero-order valence-corrected chi connectivity index (χ0v) is 9.32. The van der Waals surface area contributed by atoms with E-state index in [0.717, 1.165) is 31.6 Å². The van der Waals surface area contributed by atoms with E-state index < -0.39 is 0 Å². The molecule has 0 saturated carbocycles. The largest absolute Gasteiger partial charge is 0.396 e. The molecule has 82 valence electrons. The van der Waals surface area contributed by atoms with E-state index in [4.69, 9.17) is 16.7 Å². The van der Waals surface area contributed by atoms with Crippen LogP contribution in [0.2, 0.25) is 5.02 Å². The van der Waals surface area contributed by atoms with Crippen LogP contribution in [-0.2, 0) is 0 Å². The van der Waals surface area contributed by atoms with Gasteiger partial charge in [-0.1, -0.05) is 11.6 Å². The van der Waals surface area contributed by atoms with Gasteiger partial charge in [-0.3, -0.25) is 4.98 Å². The Morgan fingerprint density at radius 1 is 1.60 bits per heavy atom. The van der Waals surface area contributed by atoms with E-state index in [0.29, 0.717) is 10.9 Å². The lowest BCUT2D eigenvalue weighted by Gasteiger charge is -2.19. The van der Waals surface area contributed by atoms with Crippen molar-refractivity contribution in [3.63, 3.8) is 0 Å². The van der Waals surface area contributed by atoms with Crippen molar-refractivity contribution in [3.05, 3.63) is 23.5 Å². The summed E-state index contributed by atoms with van der Waals surface area (Å²) in [7, 11) is 0. The number of anilines is 1. The molecule has 0 aromatic carbocycles. The van der Waals surface area contributed by atoms with Gasteiger partial charge in [0.05, 0.1) is 10.7 Å². The smallest absolute Gasteiger partial charge is 0.0822 e. The van der Waals surface area contributed by atoms with Crippen LogP contribution in [0.3, 0.4) is 0 Å². The monoisotopic (exact) mass is 226 g/mol. The highest BCUT2D eigenvalue weighted by Crippen LogP contribution is 2.30. The quantitative estimate of drug-likeness (QED) is 0.856. The molecule has 3 nitrogen and oxygen atoms in total. The summed E-state index contributed by atoms with van der Waals surface area (Å²) in [5, 5.41) is 9.59. The highest BCUT2D eigenvalue weighted by Gasteiger charge is 2.23. The van der Waals surface area contributed by atoms with E-state index in [1.807, 2.05) is 6.07 Å². The minimum Gasteiger partial charge on any atom is -0.396 e. The summed E-state index contributed by atoms with van der Waals surface area (Å²) < 4.78 is 0. The number of aliphatic hydroxyl groups excluding tert-OH is 1. The van der Waals surface area contributed by atoms with E-state index in [9.17, 15) is 0 Å². The molecule has 1 fully saturated rings. The Labute approximate surface area is 94.7 Å². The van der Waals surface area contributed by atoms with Gasteiger partial charge in [0.1, 0.15) is 0 Å². The predicted molar refractivity (Wildman–Crippen MR) is 61.3 cm³/mol.